The molecule has 0 amide bonds. The van der Waals surface area contributed by atoms with E-state index in [0.717, 1.165) is 25.3 Å². The van der Waals surface area contributed by atoms with Crippen molar-refractivity contribution in [3.8, 4) is 5.75 Å². The molecule has 0 bridgehead atoms. The Morgan fingerprint density at radius 1 is 0.950 bits per heavy atom. The SMILES string of the molecule is CCCCNCCCCCCOc1cc(C)ccc1C. The van der Waals surface area contributed by atoms with Crippen LogP contribution in [-0.2, 0) is 0 Å². The maximum absolute atomic E-state index is 5.86. The van der Waals surface area contributed by atoms with Crippen molar-refractivity contribution in [2.75, 3.05) is 19.7 Å². The van der Waals surface area contributed by atoms with E-state index in [-0.39, 0.29) is 0 Å². The Kier molecular flexibility index (Phi) is 9.14. The number of aryl methyl sites for hydroxylation is 2. The molecule has 0 aliphatic rings. The van der Waals surface area contributed by atoms with Crippen LogP contribution < -0.4 is 10.1 Å². The van der Waals surface area contributed by atoms with Crippen LogP contribution in [0.5, 0.6) is 5.75 Å². The molecule has 1 rings (SSSR count). The molecule has 2 heteroatoms. The van der Waals surface area contributed by atoms with Crippen molar-refractivity contribution in [1.82, 2.24) is 5.32 Å². The van der Waals surface area contributed by atoms with Crippen molar-refractivity contribution in [1.29, 1.82) is 0 Å². The normalized spacial score (nSPS) is 10.8. The average molecular weight is 277 g/mol. The molecule has 0 unspecified atom stereocenters. The first-order chi connectivity index (χ1) is 9.74. The number of unbranched alkanes of at least 4 members (excludes halogenated alkanes) is 4. The molecule has 0 heterocycles. The topological polar surface area (TPSA) is 21.3 Å². The number of ether oxygens (including phenoxy) is 1. The van der Waals surface area contributed by atoms with Crippen LogP contribution in [0.3, 0.4) is 0 Å². The quantitative estimate of drug-likeness (QED) is 0.595. The van der Waals surface area contributed by atoms with Gasteiger partial charge in [-0.15, -0.1) is 0 Å². The van der Waals surface area contributed by atoms with Crippen LogP contribution in [0.4, 0.5) is 0 Å². The van der Waals surface area contributed by atoms with E-state index >= 15 is 0 Å². The van der Waals surface area contributed by atoms with E-state index in [1.54, 1.807) is 0 Å². The number of nitrogens with one attached hydrogen (secondary N) is 1. The van der Waals surface area contributed by atoms with E-state index in [4.69, 9.17) is 4.74 Å². The first kappa shape index (κ1) is 17.0. The van der Waals surface area contributed by atoms with E-state index in [1.807, 2.05) is 0 Å². The van der Waals surface area contributed by atoms with E-state index in [1.165, 1.54) is 49.8 Å². The van der Waals surface area contributed by atoms with Gasteiger partial charge in [0.05, 0.1) is 6.61 Å². The highest BCUT2D eigenvalue weighted by molar-refractivity contribution is 5.35. The highest BCUT2D eigenvalue weighted by atomic mass is 16.5. The van der Waals surface area contributed by atoms with Gasteiger partial charge in [0.15, 0.2) is 0 Å². The molecule has 0 saturated heterocycles. The number of benzene rings is 1. The van der Waals surface area contributed by atoms with Crippen LogP contribution >= 0.6 is 0 Å². The van der Waals surface area contributed by atoms with E-state index in [9.17, 15) is 0 Å². The third-order valence-corrected chi connectivity index (χ3v) is 3.56. The van der Waals surface area contributed by atoms with Crippen molar-refractivity contribution in [3.05, 3.63) is 29.3 Å². The summed E-state index contributed by atoms with van der Waals surface area (Å²) in [6, 6.07) is 6.40. The van der Waals surface area contributed by atoms with Crippen molar-refractivity contribution >= 4 is 0 Å². The lowest BCUT2D eigenvalue weighted by Gasteiger charge is -2.10. The summed E-state index contributed by atoms with van der Waals surface area (Å²) in [6.45, 7) is 9.63. The fourth-order valence-corrected chi connectivity index (χ4v) is 2.18. The predicted octanol–water partition coefficient (Wildman–Crippen LogP) is 4.63. The zero-order valence-corrected chi connectivity index (χ0v) is 13.5. The summed E-state index contributed by atoms with van der Waals surface area (Å²) in [5, 5.41) is 3.49. The minimum Gasteiger partial charge on any atom is -0.493 e. The Labute approximate surface area is 124 Å². The molecule has 0 aliphatic carbocycles. The highest BCUT2D eigenvalue weighted by Gasteiger charge is 1.99. The van der Waals surface area contributed by atoms with Crippen LogP contribution in [0.2, 0.25) is 0 Å². The van der Waals surface area contributed by atoms with Gasteiger partial charge in [0.25, 0.3) is 0 Å². The van der Waals surface area contributed by atoms with Crippen LogP contribution in [0.15, 0.2) is 18.2 Å². The summed E-state index contributed by atoms with van der Waals surface area (Å²) in [7, 11) is 0. The smallest absolute Gasteiger partial charge is 0.122 e. The van der Waals surface area contributed by atoms with Gasteiger partial charge in [-0.1, -0.05) is 38.3 Å². The lowest BCUT2D eigenvalue weighted by molar-refractivity contribution is 0.302. The molecule has 0 aromatic heterocycles. The molecule has 114 valence electrons. The molecule has 0 saturated carbocycles. The molecule has 1 aromatic carbocycles. The number of hydrogen-bond acceptors (Lipinski definition) is 2. The summed E-state index contributed by atoms with van der Waals surface area (Å²) in [6.07, 6.45) is 7.58. The minimum atomic E-state index is 0.841. The highest BCUT2D eigenvalue weighted by Crippen LogP contribution is 2.19. The molecular weight excluding hydrogens is 246 g/mol. The molecule has 0 atom stereocenters. The van der Waals surface area contributed by atoms with E-state index < -0.39 is 0 Å². The van der Waals surface area contributed by atoms with Gasteiger partial charge < -0.3 is 10.1 Å². The maximum Gasteiger partial charge on any atom is 0.122 e. The Bertz CT molecular complexity index is 362. The fraction of sp³-hybridized carbons (Fsp3) is 0.667. The second-order valence-corrected chi connectivity index (χ2v) is 5.64. The first-order valence-corrected chi connectivity index (χ1v) is 8.15. The van der Waals surface area contributed by atoms with Gasteiger partial charge in [0.2, 0.25) is 0 Å². The molecule has 0 aliphatic heterocycles. The van der Waals surface area contributed by atoms with Gasteiger partial charge in [-0.3, -0.25) is 0 Å². The molecule has 2 nitrogen and oxygen atoms in total. The average Bonchev–Trinajstić information content (AvgIpc) is 2.44. The molecule has 0 spiro atoms. The van der Waals surface area contributed by atoms with Gasteiger partial charge in [0.1, 0.15) is 5.75 Å². The molecule has 1 aromatic rings. The molecule has 0 radical (unpaired) electrons. The molecular formula is C18H31NO. The Balaban J connectivity index is 1.98. The zero-order valence-electron chi connectivity index (χ0n) is 13.5. The fourth-order valence-electron chi connectivity index (χ4n) is 2.18. The first-order valence-electron chi connectivity index (χ1n) is 8.15. The molecule has 0 fully saturated rings. The zero-order chi connectivity index (χ0) is 14.6. The summed E-state index contributed by atoms with van der Waals surface area (Å²) in [4.78, 5) is 0. The van der Waals surface area contributed by atoms with Crippen LogP contribution in [0, 0.1) is 13.8 Å². The predicted molar refractivity (Wildman–Crippen MR) is 87.7 cm³/mol. The summed E-state index contributed by atoms with van der Waals surface area (Å²) in [5.41, 5.74) is 2.50. The Hall–Kier alpha value is -1.02. The summed E-state index contributed by atoms with van der Waals surface area (Å²) < 4.78 is 5.86. The number of rotatable bonds is 11. The minimum absolute atomic E-state index is 0.841. The van der Waals surface area contributed by atoms with Crippen molar-refractivity contribution in [3.63, 3.8) is 0 Å². The van der Waals surface area contributed by atoms with Crippen molar-refractivity contribution < 1.29 is 4.74 Å². The van der Waals surface area contributed by atoms with E-state index in [2.05, 4.69) is 44.3 Å². The van der Waals surface area contributed by atoms with E-state index in [0.29, 0.717) is 0 Å². The molecule has 1 N–H and O–H groups in total. The van der Waals surface area contributed by atoms with Crippen LogP contribution in [0.25, 0.3) is 0 Å². The van der Waals surface area contributed by atoms with Crippen molar-refractivity contribution in [2.24, 2.45) is 0 Å². The third kappa shape index (κ3) is 7.54. The van der Waals surface area contributed by atoms with Gasteiger partial charge in [0, 0.05) is 0 Å². The lowest BCUT2D eigenvalue weighted by Crippen LogP contribution is -2.16. The number of hydrogen-bond donors (Lipinski definition) is 1. The van der Waals surface area contributed by atoms with Gasteiger partial charge >= 0.3 is 0 Å². The lowest BCUT2D eigenvalue weighted by atomic mass is 10.1. The Morgan fingerprint density at radius 3 is 2.50 bits per heavy atom. The summed E-state index contributed by atoms with van der Waals surface area (Å²) >= 11 is 0. The second-order valence-electron chi connectivity index (χ2n) is 5.64. The van der Waals surface area contributed by atoms with Gasteiger partial charge in [-0.05, 0) is 63.4 Å². The second kappa shape index (κ2) is 10.7. The van der Waals surface area contributed by atoms with Gasteiger partial charge in [-0.25, -0.2) is 0 Å². The van der Waals surface area contributed by atoms with Crippen LogP contribution in [0.1, 0.15) is 56.6 Å². The maximum atomic E-state index is 5.86. The molecule has 20 heavy (non-hydrogen) atoms. The third-order valence-electron chi connectivity index (χ3n) is 3.56. The largest absolute Gasteiger partial charge is 0.493 e. The van der Waals surface area contributed by atoms with Gasteiger partial charge in [-0.2, -0.15) is 0 Å². The Morgan fingerprint density at radius 2 is 1.70 bits per heavy atom. The van der Waals surface area contributed by atoms with Crippen LogP contribution in [-0.4, -0.2) is 19.7 Å². The monoisotopic (exact) mass is 277 g/mol. The van der Waals surface area contributed by atoms with Crippen molar-refractivity contribution in [2.45, 2.75) is 59.3 Å². The summed E-state index contributed by atoms with van der Waals surface area (Å²) in [5.74, 6) is 1.05. The standard InChI is InChI=1S/C18H31NO/c1-4-5-12-19-13-8-6-7-9-14-20-18-15-16(2)10-11-17(18)3/h10-11,15,19H,4-9,12-14H2,1-3H3.